The largest absolute Gasteiger partial charge is 0.480 e. The molecule has 0 bridgehead atoms. The Bertz CT molecular complexity index is 1180. The van der Waals surface area contributed by atoms with Gasteiger partial charge in [0.05, 0.1) is 19.9 Å². The monoisotopic (exact) mass is 379 g/mol. The van der Waals surface area contributed by atoms with Crippen molar-refractivity contribution in [1.82, 2.24) is 24.3 Å². The van der Waals surface area contributed by atoms with E-state index in [2.05, 4.69) is 15.2 Å². The van der Waals surface area contributed by atoms with Crippen molar-refractivity contribution in [3.8, 4) is 22.8 Å². The Hall–Kier alpha value is -3.68. The van der Waals surface area contributed by atoms with E-state index in [4.69, 9.17) is 4.74 Å². The third kappa shape index (κ3) is 3.20. The molecule has 8 heteroatoms. The van der Waals surface area contributed by atoms with E-state index in [0.29, 0.717) is 18.2 Å². The number of aryl methyl sites for hydroxylation is 1. The summed E-state index contributed by atoms with van der Waals surface area (Å²) in [5.74, 6) is 0.553. The number of nitrogens with one attached hydrogen (secondary N) is 1. The van der Waals surface area contributed by atoms with Gasteiger partial charge in [-0.2, -0.15) is 10.1 Å². The SMILES string of the molecule is COc1nc(-n2ccn(Cc3ccc(F)cc3C)c2=O)ccc1-c1cn[nH]c1. The number of hydrogen-bond donors (Lipinski definition) is 1. The molecule has 0 saturated heterocycles. The number of benzene rings is 1. The van der Waals surface area contributed by atoms with E-state index in [1.807, 2.05) is 13.0 Å². The van der Waals surface area contributed by atoms with E-state index in [1.165, 1.54) is 23.8 Å². The normalized spacial score (nSPS) is 11.0. The van der Waals surface area contributed by atoms with Gasteiger partial charge in [0.2, 0.25) is 5.88 Å². The first-order valence-corrected chi connectivity index (χ1v) is 8.64. The van der Waals surface area contributed by atoms with Gasteiger partial charge in [0.25, 0.3) is 0 Å². The van der Waals surface area contributed by atoms with Crippen molar-refractivity contribution in [3.63, 3.8) is 0 Å². The van der Waals surface area contributed by atoms with Gasteiger partial charge in [0, 0.05) is 29.7 Å². The van der Waals surface area contributed by atoms with Crippen LogP contribution in [0.5, 0.6) is 5.88 Å². The van der Waals surface area contributed by atoms with Crippen LogP contribution in [-0.2, 0) is 6.54 Å². The number of hydrogen-bond acceptors (Lipinski definition) is 4. The van der Waals surface area contributed by atoms with Crippen molar-refractivity contribution in [2.24, 2.45) is 0 Å². The highest BCUT2D eigenvalue weighted by molar-refractivity contribution is 5.67. The molecule has 0 aliphatic heterocycles. The van der Waals surface area contributed by atoms with Gasteiger partial charge >= 0.3 is 5.69 Å². The molecule has 3 heterocycles. The molecular weight excluding hydrogens is 361 g/mol. The van der Waals surface area contributed by atoms with Crippen molar-refractivity contribution < 1.29 is 9.13 Å². The van der Waals surface area contributed by atoms with Gasteiger partial charge in [-0.1, -0.05) is 6.07 Å². The average molecular weight is 379 g/mol. The van der Waals surface area contributed by atoms with Crippen molar-refractivity contribution >= 4 is 0 Å². The van der Waals surface area contributed by atoms with E-state index >= 15 is 0 Å². The number of aromatic nitrogens is 5. The molecule has 4 aromatic rings. The topological polar surface area (TPSA) is 77.7 Å². The first-order valence-electron chi connectivity index (χ1n) is 8.64. The molecule has 0 aliphatic carbocycles. The number of methoxy groups -OCH3 is 1. The number of aromatic amines is 1. The molecule has 1 aromatic carbocycles. The first kappa shape index (κ1) is 17.7. The zero-order chi connectivity index (χ0) is 19.7. The Morgan fingerprint density at radius 2 is 2.07 bits per heavy atom. The second-order valence-corrected chi connectivity index (χ2v) is 6.36. The van der Waals surface area contributed by atoms with Crippen LogP contribution in [-0.4, -0.2) is 31.4 Å². The fourth-order valence-corrected chi connectivity index (χ4v) is 3.07. The Balaban J connectivity index is 1.68. The zero-order valence-corrected chi connectivity index (χ0v) is 15.4. The molecule has 3 aromatic heterocycles. The van der Waals surface area contributed by atoms with Crippen LogP contribution in [0.2, 0.25) is 0 Å². The Morgan fingerprint density at radius 3 is 2.79 bits per heavy atom. The zero-order valence-electron chi connectivity index (χ0n) is 15.4. The quantitative estimate of drug-likeness (QED) is 0.578. The van der Waals surface area contributed by atoms with Crippen LogP contribution in [0.1, 0.15) is 11.1 Å². The van der Waals surface area contributed by atoms with Crippen molar-refractivity contribution in [2.45, 2.75) is 13.5 Å². The summed E-state index contributed by atoms with van der Waals surface area (Å²) < 4.78 is 21.7. The van der Waals surface area contributed by atoms with Gasteiger partial charge in [-0.3, -0.25) is 14.2 Å². The van der Waals surface area contributed by atoms with Crippen LogP contribution in [0.25, 0.3) is 16.9 Å². The highest BCUT2D eigenvalue weighted by atomic mass is 19.1. The summed E-state index contributed by atoms with van der Waals surface area (Å²) in [5.41, 5.74) is 3.04. The van der Waals surface area contributed by atoms with Gasteiger partial charge in [-0.25, -0.2) is 9.18 Å². The molecule has 1 N–H and O–H groups in total. The second kappa shape index (κ2) is 7.15. The number of nitrogens with zero attached hydrogens (tertiary/aromatic N) is 4. The minimum atomic E-state index is -0.292. The van der Waals surface area contributed by atoms with E-state index in [9.17, 15) is 9.18 Å². The van der Waals surface area contributed by atoms with Crippen molar-refractivity contribution in [3.05, 3.63) is 82.5 Å². The van der Waals surface area contributed by atoms with E-state index in [-0.39, 0.29) is 11.5 Å². The highest BCUT2D eigenvalue weighted by Crippen LogP contribution is 2.28. The van der Waals surface area contributed by atoms with Gasteiger partial charge in [-0.05, 0) is 42.3 Å². The maximum absolute atomic E-state index is 13.3. The molecule has 7 nitrogen and oxygen atoms in total. The van der Waals surface area contributed by atoms with Gasteiger partial charge in [-0.15, -0.1) is 0 Å². The molecule has 0 radical (unpaired) electrons. The summed E-state index contributed by atoms with van der Waals surface area (Å²) in [5, 5.41) is 6.69. The lowest BCUT2D eigenvalue weighted by Crippen LogP contribution is -2.24. The summed E-state index contributed by atoms with van der Waals surface area (Å²) in [6.07, 6.45) is 6.75. The number of imidazole rings is 1. The smallest absolute Gasteiger partial charge is 0.334 e. The highest BCUT2D eigenvalue weighted by Gasteiger charge is 2.13. The molecule has 4 rings (SSSR count). The average Bonchev–Trinajstić information content (AvgIpc) is 3.34. The van der Waals surface area contributed by atoms with Crippen LogP contribution < -0.4 is 10.4 Å². The van der Waals surface area contributed by atoms with E-state index < -0.39 is 0 Å². The molecule has 142 valence electrons. The minimum Gasteiger partial charge on any atom is -0.480 e. The standard InChI is InChI=1S/C20H18FN5O2/c1-13-9-16(21)4-3-14(13)12-25-7-8-26(20(25)27)18-6-5-17(19(24-18)28-2)15-10-22-23-11-15/h3-11H,12H2,1-2H3,(H,22,23). The lowest BCUT2D eigenvalue weighted by molar-refractivity contribution is 0.399. The van der Waals surface area contributed by atoms with Crippen molar-refractivity contribution in [2.75, 3.05) is 7.11 Å². The molecule has 0 amide bonds. The summed E-state index contributed by atoms with van der Waals surface area (Å²) in [6, 6.07) is 8.12. The van der Waals surface area contributed by atoms with Crippen molar-refractivity contribution in [1.29, 1.82) is 0 Å². The van der Waals surface area contributed by atoms with Gasteiger partial charge in [0.15, 0.2) is 0 Å². The van der Waals surface area contributed by atoms with E-state index in [0.717, 1.165) is 22.3 Å². The van der Waals surface area contributed by atoms with Crippen LogP contribution in [0, 0.1) is 12.7 Å². The lowest BCUT2D eigenvalue weighted by Gasteiger charge is -2.09. The molecule has 0 saturated carbocycles. The summed E-state index contributed by atoms with van der Waals surface area (Å²) >= 11 is 0. The summed E-state index contributed by atoms with van der Waals surface area (Å²) in [4.78, 5) is 17.3. The number of pyridine rings is 1. The number of rotatable bonds is 5. The second-order valence-electron chi connectivity index (χ2n) is 6.36. The maximum atomic E-state index is 13.3. The molecule has 0 spiro atoms. The number of ether oxygens (including phenoxy) is 1. The third-order valence-electron chi connectivity index (χ3n) is 4.59. The molecule has 0 unspecified atom stereocenters. The molecule has 0 fully saturated rings. The number of H-pyrrole nitrogens is 1. The van der Waals surface area contributed by atoms with Crippen LogP contribution in [0.4, 0.5) is 4.39 Å². The van der Waals surface area contributed by atoms with Gasteiger partial charge < -0.3 is 4.74 Å². The molecule has 0 aliphatic rings. The molecule has 28 heavy (non-hydrogen) atoms. The Kier molecular flexibility index (Phi) is 4.52. The molecular formula is C20H18FN5O2. The van der Waals surface area contributed by atoms with E-state index in [1.54, 1.807) is 41.5 Å². The van der Waals surface area contributed by atoms with Crippen LogP contribution >= 0.6 is 0 Å². The predicted octanol–water partition coefficient (Wildman–Crippen LogP) is 2.93. The fraction of sp³-hybridized carbons (Fsp3) is 0.150. The minimum absolute atomic E-state index is 0.241. The maximum Gasteiger partial charge on any atom is 0.334 e. The lowest BCUT2D eigenvalue weighted by atomic mass is 10.1. The van der Waals surface area contributed by atoms with Gasteiger partial charge in [0.1, 0.15) is 11.6 Å². The fourth-order valence-electron chi connectivity index (χ4n) is 3.07. The Morgan fingerprint density at radius 1 is 1.21 bits per heavy atom. The molecule has 0 atom stereocenters. The Labute approximate surface area is 160 Å². The predicted molar refractivity (Wildman–Crippen MR) is 102 cm³/mol. The number of halogens is 1. The summed E-state index contributed by atoms with van der Waals surface area (Å²) in [7, 11) is 1.53. The first-order chi connectivity index (χ1) is 13.6. The van der Waals surface area contributed by atoms with Crippen LogP contribution in [0.15, 0.2) is 59.9 Å². The summed E-state index contributed by atoms with van der Waals surface area (Å²) in [6.45, 7) is 2.17. The third-order valence-corrected chi connectivity index (χ3v) is 4.59. The van der Waals surface area contributed by atoms with Crippen LogP contribution in [0.3, 0.4) is 0 Å².